The molecule has 2 aromatic carbocycles. The minimum absolute atomic E-state index is 0.258. The highest BCUT2D eigenvalue weighted by Gasteiger charge is 2.09. The predicted octanol–water partition coefficient (Wildman–Crippen LogP) is 2.15. The smallest absolute Gasteiger partial charge is 0.256 e. The van der Waals surface area contributed by atoms with E-state index in [1.807, 2.05) is 6.07 Å². The van der Waals surface area contributed by atoms with Crippen LogP contribution in [0.1, 0.15) is 21.5 Å². The van der Waals surface area contributed by atoms with Crippen LogP contribution in [-0.4, -0.2) is 17.6 Å². The van der Waals surface area contributed by atoms with Gasteiger partial charge in [-0.3, -0.25) is 4.79 Å². The maximum atomic E-state index is 12.2. The summed E-state index contributed by atoms with van der Waals surface area (Å²) in [7, 11) is 0. The van der Waals surface area contributed by atoms with Gasteiger partial charge in [0.25, 0.3) is 5.91 Å². The average Bonchev–Trinajstić information content (AvgIpc) is 2.54. The minimum atomic E-state index is -0.289. The molecule has 0 fully saturated rings. The second kappa shape index (κ2) is 6.91. The summed E-state index contributed by atoms with van der Waals surface area (Å²) >= 11 is 0. The fraction of sp³-hybridized carbons (Fsp3) is 0.0588. The Labute approximate surface area is 122 Å². The fourth-order valence-corrected chi connectivity index (χ4v) is 1.75. The Morgan fingerprint density at radius 2 is 1.86 bits per heavy atom. The number of rotatable bonds is 2. The Balaban J connectivity index is 2.22. The Hall–Kier alpha value is -3.08. The lowest BCUT2D eigenvalue weighted by Gasteiger charge is -2.07. The van der Waals surface area contributed by atoms with Crippen LogP contribution in [0.4, 0.5) is 5.69 Å². The van der Waals surface area contributed by atoms with Crippen molar-refractivity contribution in [3.05, 3.63) is 65.2 Å². The summed E-state index contributed by atoms with van der Waals surface area (Å²) in [5.41, 5.74) is 2.12. The van der Waals surface area contributed by atoms with Crippen molar-refractivity contribution in [3.8, 4) is 17.9 Å². The van der Waals surface area contributed by atoms with E-state index >= 15 is 0 Å². The third-order valence-electron chi connectivity index (χ3n) is 2.75. The fourth-order valence-electron chi connectivity index (χ4n) is 1.75. The Morgan fingerprint density at radius 1 is 1.14 bits per heavy atom. The van der Waals surface area contributed by atoms with Gasteiger partial charge in [-0.25, -0.2) is 0 Å². The van der Waals surface area contributed by atoms with E-state index in [9.17, 15) is 4.79 Å². The summed E-state index contributed by atoms with van der Waals surface area (Å²) in [5, 5.41) is 20.2. The molecule has 21 heavy (non-hydrogen) atoms. The molecular formula is C17H12N2O2. The second-order valence-electron chi connectivity index (χ2n) is 4.15. The van der Waals surface area contributed by atoms with Crippen molar-refractivity contribution in [2.24, 2.45) is 0 Å². The monoisotopic (exact) mass is 276 g/mol. The van der Waals surface area contributed by atoms with Gasteiger partial charge in [-0.2, -0.15) is 5.26 Å². The van der Waals surface area contributed by atoms with Gasteiger partial charge in [0, 0.05) is 11.3 Å². The molecule has 0 radical (unpaired) electrons. The number of benzene rings is 2. The van der Waals surface area contributed by atoms with Gasteiger partial charge in [-0.05, 0) is 36.4 Å². The zero-order valence-corrected chi connectivity index (χ0v) is 11.1. The minimum Gasteiger partial charge on any atom is -0.384 e. The molecule has 0 heterocycles. The van der Waals surface area contributed by atoms with E-state index in [2.05, 4.69) is 17.2 Å². The summed E-state index contributed by atoms with van der Waals surface area (Å²) in [6.45, 7) is -0.258. The van der Waals surface area contributed by atoms with Crippen LogP contribution in [0.15, 0.2) is 48.5 Å². The molecule has 2 aromatic rings. The quantitative estimate of drug-likeness (QED) is 0.825. The number of carbonyl (C=O) groups is 1. The normalized spacial score (nSPS) is 9.14. The van der Waals surface area contributed by atoms with Gasteiger partial charge in [0.1, 0.15) is 6.61 Å². The number of hydrogen-bond donors (Lipinski definition) is 2. The van der Waals surface area contributed by atoms with Crippen molar-refractivity contribution in [2.75, 3.05) is 11.9 Å². The third-order valence-corrected chi connectivity index (χ3v) is 2.75. The summed E-state index contributed by atoms with van der Waals surface area (Å²) in [6, 6.07) is 15.5. The molecule has 4 nitrogen and oxygen atoms in total. The highest BCUT2D eigenvalue weighted by atomic mass is 16.2. The van der Waals surface area contributed by atoms with E-state index in [1.54, 1.807) is 48.5 Å². The molecule has 2 N–H and O–H groups in total. The van der Waals surface area contributed by atoms with Crippen LogP contribution in [-0.2, 0) is 0 Å². The molecule has 0 saturated heterocycles. The molecule has 0 aromatic heterocycles. The highest BCUT2D eigenvalue weighted by molar-refractivity contribution is 6.06. The number of nitrogens with one attached hydrogen (secondary N) is 1. The van der Waals surface area contributed by atoms with Gasteiger partial charge in [0.15, 0.2) is 0 Å². The standard InChI is InChI=1S/C17H12N2O2/c18-12-13-7-9-15(10-8-13)19-17(21)16-6-2-1-4-14(16)5-3-11-20/h1-2,4,6-10,20H,11H2,(H,19,21). The molecule has 2 rings (SSSR count). The van der Waals surface area contributed by atoms with Crippen LogP contribution in [0.5, 0.6) is 0 Å². The first-order chi connectivity index (χ1) is 10.2. The first-order valence-corrected chi connectivity index (χ1v) is 6.25. The van der Waals surface area contributed by atoms with Gasteiger partial charge in [-0.1, -0.05) is 24.0 Å². The summed E-state index contributed by atoms with van der Waals surface area (Å²) in [4.78, 5) is 12.2. The van der Waals surface area contributed by atoms with Gasteiger partial charge < -0.3 is 10.4 Å². The first-order valence-electron chi connectivity index (χ1n) is 6.25. The number of carbonyl (C=O) groups excluding carboxylic acids is 1. The number of anilines is 1. The van der Waals surface area contributed by atoms with Crippen LogP contribution >= 0.6 is 0 Å². The van der Waals surface area contributed by atoms with E-state index in [-0.39, 0.29) is 12.5 Å². The van der Waals surface area contributed by atoms with E-state index in [0.29, 0.717) is 22.4 Å². The van der Waals surface area contributed by atoms with Crippen molar-refractivity contribution in [3.63, 3.8) is 0 Å². The largest absolute Gasteiger partial charge is 0.384 e. The van der Waals surface area contributed by atoms with Crippen LogP contribution in [0.25, 0.3) is 0 Å². The Kier molecular flexibility index (Phi) is 4.71. The molecule has 0 unspecified atom stereocenters. The molecule has 102 valence electrons. The van der Waals surface area contributed by atoms with Crippen LogP contribution in [0, 0.1) is 23.2 Å². The van der Waals surface area contributed by atoms with Gasteiger partial charge in [0.05, 0.1) is 17.2 Å². The number of amides is 1. The van der Waals surface area contributed by atoms with Crippen molar-refractivity contribution in [1.82, 2.24) is 0 Å². The predicted molar refractivity (Wildman–Crippen MR) is 79.5 cm³/mol. The maximum absolute atomic E-state index is 12.2. The number of nitrogens with zero attached hydrogens (tertiary/aromatic N) is 1. The number of nitriles is 1. The summed E-state index contributed by atoms with van der Waals surface area (Å²) in [5.74, 6) is 4.98. The van der Waals surface area contributed by atoms with E-state index < -0.39 is 0 Å². The third kappa shape index (κ3) is 3.70. The topological polar surface area (TPSA) is 73.1 Å². The lowest BCUT2D eigenvalue weighted by molar-refractivity contribution is 0.102. The highest BCUT2D eigenvalue weighted by Crippen LogP contribution is 2.13. The molecule has 0 bridgehead atoms. The lowest BCUT2D eigenvalue weighted by Crippen LogP contribution is -2.13. The molecule has 0 aliphatic heterocycles. The van der Waals surface area contributed by atoms with Gasteiger partial charge in [-0.15, -0.1) is 0 Å². The van der Waals surface area contributed by atoms with Crippen molar-refractivity contribution in [2.45, 2.75) is 0 Å². The molecule has 0 aliphatic carbocycles. The maximum Gasteiger partial charge on any atom is 0.256 e. The first kappa shape index (κ1) is 14.3. The molecule has 0 aliphatic rings. The number of aliphatic hydroxyl groups is 1. The van der Waals surface area contributed by atoms with E-state index in [4.69, 9.17) is 10.4 Å². The zero-order chi connectivity index (χ0) is 15.1. The average molecular weight is 276 g/mol. The molecule has 0 atom stereocenters. The molecule has 0 spiro atoms. The SMILES string of the molecule is N#Cc1ccc(NC(=O)c2ccccc2C#CCO)cc1. The van der Waals surface area contributed by atoms with Crippen LogP contribution in [0.3, 0.4) is 0 Å². The zero-order valence-electron chi connectivity index (χ0n) is 11.1. The van der Waals surface area contributed by atoms with Crippen LogP contribution in [0.2, 0.25) is 0 Å². The van der Waals surface area contributed by atoms with E-state index in [0.717, 1.165) is 0 Å². The number of hydrogen-bond acceptors (Lipinski definition) is 3. The second-order valence-corrected chi connectivity index (χ2v) is 4.15. The molecule has 4 heteroatoms. The van der Waals surface area contributed by atoms with Crippen molar-refractivity contribution < 1.29 is 9.90 Å². The molecule has 1 amide bonds. The Bertz CT molecular complexity index is 747. The molecular weight excluding hydrogens is 264 g/mol. The van der Waals surface area contributed by atoms with E-state index in [1.165, 1.54) is 0 Å². The van der Waals surface area contributed by atoms with Crippen molar-refractivity contribution in [1.29, 1.82) is 5.26 Å². The Morgan fingerprint density at radius 3 is 2.52 bits per heavy atom. The van der Waals surface area contributed by atoms with Crippen LogP contribution < -0.4 is 5.32 Å². The van der Waals surface area contributed by atoms with Gasteiger partial charge in [0.2, 0.25) is 0 Å². The number of aliphatic hydroxyl groups excluding tert-OH is 1. The summed E-state index contributed by atoms with van der Waals surface area (Å²) in [6.07, 6.45) is 0. The van der Waals surface area contributed by atoms with Gasteiger partial charge >= 0.3 is 0 Å². The molecule has 0 saturated carbocycles. The lowest BCUT2D eigenvalue weighted by atomic mass is 10.1. The summed E-state index contributed by atoms with van der Waals surface area (Å²) < 4.78 is 0. The van der Waals surface area contributed by atoms with Crippen molar-refractivity contribution >= 4 is 11.6 Å².